The molecule has 5 N–H and O–H groups in total. The maximum absolute atomic E-state index is 7.94. The Morgan fingerprint density at radius 2 is 2.27 bits per heavy atom. The van der Waals surface area contributed by atoms with Crippen LogP contribution >= 0.6 is 0 Å². The zero-order chi connectivity index (χ0) is 15.7. The van der Waals surface area contributed by atoms with Gasteiger partial charge in [0.2, 0.25) is 5.62 Å². The molecule has 22 heavy (non-hydrogen) atoms. The van der Waals surface area contributed by atoms with Gasteiger partial charge in [-0.25, -0.2) is 4.68 Å². The van der Waals surface area contributed by atoms with Crippen LogP contribution in [0.15, 0.2) is 28.9 Å². The molecule has 2 aromatic heterocycles. The predicted octanol–water partition coefficient (Wildman–Crippen LogP) is 0.369. The molecule has 0 radical (unpaired) electrons. The lowest BCUT2D eigenvalue weighted by Gasteiger charge is -2.30. The van der Waals surface area contributed by atoms with Gasteiger partial charge < -0.3 is 24.9 Å². The van der Waals surface area contributed by atoms with Gasteiger partial charge in [0.25, 0.3) is 0 Å². The van der Waals surface area contributed by atoms with Crippen molar-refractivity contribution in [1.82, 2.24) is 9.66 Å². The van der Waals surface area contributed by atoms with Crippen molar-refractivity contribution in [1.29, 1.82) is 5.41 Å². The summed E-state index contributed by atoms with van der Waals surface area (Å²) >= 11 is 0. The van der Waals surface area contributed by atoms with Crippen molar-refractivity contribution in [3.05, 3.63) is 35.8 Å². The molecule has 0 aromatic carbocycles. The van der Waals surface area contributed by atoms with E-state index in [-0.39, 0.29) is 11.4 Å². The zero-order valence-electron chi connectivity index (χ0n) is 12.3. The predicted molar refractivity (Wildman–Crippen MR) is 78.3 cm³/mol. The molecule has 0 fully saturated rings. The number of hydrogen-bond donors (Lipinski definition) is 4. The quantitative estimate of drug-likeness (QED) is 0.588. The van der Waals surface area contributed by atoms with Crippen molar-refractivity contribution < 1.29 is 13.9 Å². The van der Waals surface area contributed by atoms with E-state index in [1.54, 1.807) is 32.6 Å². The molecule has 3 heterocycles. The third-order valence-corrected chi connectivity index (χ3v) is 3.56. The minimum Gasteiger partial charge on any atom is -0.465 e. The number of fused-ring (bicyclic) bond motifs is 1. The number of anilines is 2. The van der Waals surface area contributed by atoms with Gasteiger partial charge in [-0.05, 0) is 12.1 Å². The fourth-order valence-electron chi connectivity index (χ4n) is 2.51. The normalized spacial score (nSPS) is 19.8. The van der Waals surface area contributed by atoms with Crippen molar-refractivity contribution in [3.63, 3.8) is 0 Å². The van der Waals surface area contributed by atoms with Gasteiger partial charge in [-0.2, -0.15) is 4.98 Å². The Morgan fingerprint density at radius 1 is 1.50 bits per heavy atom. The Labute approximate surface area is 126 Å². The molecular formula is C13H18N6O3. The van der Waals surface area contributed by atoms with Crippen LogP contribution in [0.5, 0.6) is 0 Å². The standard InChI is InChI=1S/C13H18N6O3/c1-20-11(21-2)7-13(8-4-3-5-22-8)17-10-6-9(14)16-12(15)19(10)18-13/h3-6,11,17-18H,7H2,1-2H3,(H3,14,15,16). The molecule has 1 unspecified atom stereocenters. The van der Waals surface area contributed by atoms with Crippen molar-refractivity contribution >= 4 is 11.6 Å². The molecule has 0 aliphatic carbocycles. The fourth-order valence-corrected chi connectivity index (χ4v) is 2.51. The van der Waals surface area contributed by atoms with Gasteiger partial charge in [0.1, 0.15) is 11.6 Å². The zero-order valence-corrected chi connectivity index (χ0v) is 12.3. The van der Waals surface area contributed by atoms with Crippen LogP contribution in [0.25, 0.3) is 0 Å². The van der Waals surface area contributed by atoms with E-state index in [2.05, 4.69) is 15.7 Å². The summed E-state index contributed by atoms with van der Waals surface area (Å²) in [6.07, 6.45) is 1.50. The van der Waals surface area contributed by atoms with Gasteiger partial charge in [-0.1, -0.05) is 0 Å². The number of nitrogens with two attached hydrogens (primary N) is 1. The van der Waals surface area contributed by atoms with Gasteiger partial charge in [-0.3, -0.25) is 10.8 Å². The van der Waals surface area contributed by atoms with Crippen LogP contribution in [0.4, 0.5) is 11.6 Å². The number of rotatable bonds is 5. The molecule has 9 nitrogen and oxygen atoms in total. The van der Waals surface area contributed by atoms with Crippen LogP contribution in [0.1, 0.15) is 12.2 Å². The highest BCUT2D eigenvalue weighted by Gasteiger charge is 2.43. The van der Waals surface area contributed by atoms with E-state index >= 15 is 0 Å². The summed E-state index contributed by atoms with van der Waals surface area (Å²) in [6, 6.07) is 5.26. The van der Waals surface area contributed by atoms with Crippen LogP contribution < -0.4 is 22.1 Å². The highest BCUT2D eigenvalue weighted by Crippen LogP contribution is 2.35. The molecule has 0 saturated carbocycles. The molecule has 0 bridgehead atoms. The molecule has 0 spiro atoms. The third kappa shape index (κ3) is 2.30. The van der Waals surface area contributed by atoms with Crippen LogP contribution in [0, 0.1) is 5.41 Å². The molecule has 118 valence electrons. The summed E-state index contributed by atoms with van der Waals surface area (Å²) in [5, 5.41) is 11.2. The topological polar surface area (TPSA) is 123 Å². The number of furan rings is 1. The van der Waals surface area contributed by atoms with E-state index in [9.17, 15) is 0 Å². The summed E-state index contributed by atoms with van der Waals surface area (Å²) in [7, 11) is 3.13. The highest BCUT2D eigenvalue weighted by molar-refractivity contribution is 5.52. The molecule has 9 heteroatoms. The monoisotopic (exact) mass is 306 g/mol. The molecule has 1 aliphatic heterocycles. The first kappa shape index (κ1) is 14.4. The van der Waals surface area contributed by atoms with E-state index in [1.807, 2.05) is 6.07 Å². The van der Waals surface area contributed by atoms with E-state index in [0.717, 1.165) is 0 Å². The first-order valence-corrected chi connectivity index (χ1v) is 6.68. The summed E-state index contributed by atoms with van der Waals surface area (Å²) in [6.45, 7) is 0. The van der Waals surface area contributed by atoms with Crippen LogP contribution in [0.2, 0.25) is 0 Å². The average molecular weight is 306 g/mol. The van der Waals surface area contributed by atoms with E-state index in [0.29, 0.717) is 18.0 Å². The number of aromatic nitrogens is 2. The van der Waals surface area contributed by atoms with Gasteiger partial charge in [0.15, 0.2) is 17.7 Å². The number of hydrogen-bond acceptors (Lipinski definition) is 8. The average Bonchev–Trinajstić information content (AvgIpc) is 3.12. The SMILES string of the molecule is COC(CC1(c2ccco2)Nc2cc(N)nc(=N)n2N1)OC. The molecule has 2 aromatic rings. The number of methoxy groups -OCH3 is 2. The van der Waals surface area contributed by atoms with Crippen LogP contribution in [-0.4, -0.2) is 30.2 Å². The summed E-state index contributed by atoms with van der Waals surface area (Å²) < 4.78 is 17.6. The minimum atomic E-state index is -0.835. The van der Waals surface area contributed by atoms with Gasteiger partial charge in [0, 0.05) is 26.7 Å². The van der Waals surface area contributed by atoms with Crippen molar-refractivity contribution in [2.45, 2.75) is 18.4 Å². The lowest BCUT2D eigenvalue weighted by molar-refractivity contribution is -0.115. The Kier molecular flexibility index (Phi) is 3.51. The Morgan fingerprint density at radius 3 is 2.91 bits per heavy atom. The van der Waals surface area contributed by atoms with E-state index < -0.39 is 12.0 Å². The smallest absolute Gasteiger partial charge is 0.244 e. The Balaban J connectivity index is 2.03. The van der Waals surface area contributed by atoms with Gasteiger partial charge in [-0.15, -0.1) is 0 Å². The van der Waals surface area contributed by atoms with Gasteiger partial charge in [0.05, 0.1) is 6.26 Å². The molecule has 0 saturated heterocycles. The maximum Gasteiger partial charge on any atom is 0.244 e. The van der Waals surface area contributed by atoms with Crippen molar-refractivity contribution in [3.8, 4) is 0 Å². The number of ether oxygens (including phenoxy) is 2. The minimum absolute atomic E-state index is 0.0117. The summed E-state index contributed by atoms with van der Waals surface area (Å²) in [5.74, 6) is 1.50. The summed E-state index contributed by atoms with van der Waals surface area (Å²) in [5.41, 5.74) is 8.05. The first-order valence-electron chi connectivity index (χ1n) is 6.68. The van der Waals surface area contributed by atoms with E-state index in [4.69, 9.17) is 25.0 Å². The second kappa shape index (κ2) is 5.35. The van der Waals surface area contributed by atoms with Crippen molar-refractivity contribution in [2.75, 3.05) is 30.7 Å². The van der Waals surface area contributed by atoms with Crippen LogP contribution in [0.3, 0.4) is 0 Å². The maximum atomic E-state index is 7.94. The molecule has 0 amide bonds. The number of nitrogens with zero attached hydrogens (tertiary/aromatic N) is 2. The number of nitrogen functional groups attached to an aromatic ring is 1. The van der Waals surface area contributed by atoms with Gasteiger partial charge >= 0.3 is 0 Å². The largest absolute Gasteiger partial charge is 0.465 e. The summed E-state index contributed by atoms with van der Waals surface area (Å²) in [4.78, 5) is 3.92. The van der Waals surface area contributed by atoms with E-state index in [1.165, 1.54) is 4.68 Å². The molecule has 1 aliphatic rings. The fraction of sp³-hybridized carbons (Fsp3) is 0.385. The Bertz CT molecular complexity index is 709. The lowest BCUT2D eigenvalue weighted by Crippen LogP contribution is -2.45. The highest BCUT2D eigenvalue weighted by atomic mass is 16.7. The second-order valence-electron chi connectivity index (χ2n) is 4.95. The van der Waals surface area contributed by atoms with Crippen molar-refractivity contribution in [2.24, 2.45) is 0 Å². The Hall–Kier alpha value is -2.52. The molecular weight excluding hydrogens is 288 g/mol. The molecule has 3 rings (SSSR count). The second-order valence-corrected chi connectivity index (χ2v) is 4.95. The number of nitrogens with one attached hydrogen (secondary N) is 3. The third-order valence-electron chi connectivity index (χ3n) is 3.56. The molecule has 1 atom stereocenters. The van der Waals surface area contributed by atoms with Crippen LogP contribution in [-0.2, 0) is 15.1 Å². The lowest BCUT2D eigenvalue weighted by atomic mass is 10.0. The first-order chi connectivity index (χ1) is 10.6.